The van der Waals surface area contributed by atoms with Crippen molar-refractivity contribution in [3.05, 3.63) is 28.2 Å². The Morgan fingerprint density at radius 1 is 1.33 bits per heavy atom. The van der Waals surface area contributed by atoms with Crippen molar-refractivity contribution in [3.8, 4) is 0 Å². The van der Waals surface area contributed by atoms with Crippen molar-refractivity contribution in [2.24, 2.45) is 5.73 Å². The van der Waals surface area contributed by atoms with Gasteiger partial charge >= 0.3 is 0 Å². The summed E-state index contributed by atoms with van der Waals surface area (Å²) >= 11 is 13.3. The highest BCUT2D eigenvalue weighted by Gasteiger charge is 2.00. The molecule has 0 saturated heterocycles. The van der Waals surface area contributed by atoms with Crippen molar-refractivity contribution in [2.75, 3.05) is 12.3 Å². The van der Waals surface area contributed by atoms with Crippen molar-refractivity contribution in [2.45, 2.75) is 4.90 Å². The van der Waals surface area contributed by atoms with Crippen LogP contribution in [0.1, 0.15) is 0 Å². The number of rotatable bonds is 3. The molecular weight excluding hydrogens is 213 g/mol. The van der Waals surface area contributed by atoms with Crippen LogP contribution < -0.4 is 5.73 Å². The Hall–Kier alpha value is 0.110. The predicted molar refractivity (Wildman–Crippen MR) is 56.2 cm³/mol. The fraction of sp³-hybridized carbons (Fsp3) is 0.250. The number of benzene rings is 1. The summed E-state index contributed by atoms with van der Waals surface area (Å²) in [5, 5.41) is 1.44. The molecule has 0 bridgehead atoms. The largest absolute Gasteiger partial charge is 0.330 e. The lowest BCUT2D eigenvalue weighted by atomic mass is 10.4. The molecule has 0 fully saturated rings. The van der Waals surface area contributed by atoms with E-state index in [1.807, 2.05) is 6.07 Å². The van der Waals surface area contributed by atoms with Gasteiger partial charge in [-0.3, -0.25) is 0 Å². The average molecular weight is 222 g/mol. The summed E-state index contributed by atoms with van der Waals surface area (Å²) in [4.78, 5) is 0.995. The molecule has 0 saturated carbocycles. The first kappa shape index (κ1) is 10.2. The minimum Gasteiger partial charge on any atom is -0.330 e. The summed E-state index contributed by atoms with van der Waals surface area (Å²) in [6, 6.07) is 5.42. The molecule has 1 rings (SSSR count). The highest BCUT2D eigenvalue weighted by atomic mass is 35.5. The molecular formula is C8H9Cl2NS. The number of hydrogen-bond acceptors (Lipinski definition) is 2. The molecule has 66 valence electrons. The van der Waals surface area contributed by atoms with Crippen molar-refractivity contribution in [1.82, 2.24) is 0 Å². The van der Waals surface area contributed by atoms with Gasteiger partial charge in [-0.1, -0.05) is 23.2 Å². The Kier molecular flexibility index (Phi) is 4.22. The van der Waals surface area contributed by atoms with Crippen LogP contribution in [0.5, 0.6) is 0 Å². The third kappa shape index (κ3) is 2.87. The fourth-order valence-electron chi connectivity index (χ4n) is 0.757. The van der Waals surface area contributed by atoms with Gasteiger partial charge in [0.25, 0.3) is 0 Å². The lowest BCUT2D eigenvalue weighted by Gasteiger charge is -2.02. The van der Waals surface area contributed by atoms with Gasteiger partial charge in [0.05, 0.1) is 5.02 Å². The van der Waals surface area contributed by atoms with E-state index in [-0.39, 0.29) is 0 Å². The molecule has 0 aliphatic heterocycles. The van der Waals surface area contributed by atoms with E-state index in [1.165, 1.54) is 0 Å². The Bertz CT molecular complexity index is 265. The van der Waals surface area contributed by atoms with Crippen LogP contribution in [0.3, 0.4) is 0 Å². The lowest BCUT2D eigenvalue weighted by molar-refractivity contribution is 1.15. The van der Waals surface area contributed by atoms with Crippen molar-refractivity contribution < 1.29 is 0 Å². The van der Waals surface area contributed by atoms with Gasteiger partial charge in [-0.2, -0.15) is 0 Å². The number of thioether (sulfide) groups is 1. The molecule has 0 unspecified atom stereocenters. The van der Waals surface area contributed by atoms with E-state index < -0.39 is 0 Å². The Labute approximate surface area is 86.2 Å². The Balaban J connectivity index is 2.75. The smallest absolute Gasteiger partial charge is 0.0542 e. The zero-order valence-electron chi connectivity index (χ0n) is 6.39. The first-order valence-corrected chi connectivity index (χ1v) is 5.26. The van der Waals surface area contributed by atoms with Gasteiger partial charge in [0, 0.05) is 22.2 Å². The molecule has 0 aromatic heterocycles. The summed E-state index contributed by atoms with van der Waals surface area (Å²) < 4.78 is 0. The second-order valence-electron chi connectivity index (χ2n) is 2.21. The number of nitrogens with two attached hydrogens (primary N) is 1. The van der Waals surface area contributed by atoms with Crippen LogP contribution in [0.2, 0.25) is 10.0 Å². The maximum absolute atomic E-state index is 5.91. The lowest BCUT2D eigenvalue weighted by Crippen LogP contribution is -2.00. The van der Waals surface area contributed by atoms with Crippen LogP contribution in [0.15, 0.2) is 23.1 Å². The standard InChI is InChI=1S/C8H9Cl2NS/c9-6-1-2-7(10)8(5-6)12-4-3-11/h1-2,5H,3-4,11H2. The van der Waals surface area contributed by atoms with Gasteiger partial charge in [0.2, 0.25) is 0 Å². The first-order chi connectivity index (χ1) is 5.74. The molecule has 2 N–H and O–H groups in total. The second kappa shape index (κ2) is 4.97. The summed E-state index contributed by atoms with van der Waals surface area (Å²) in [5.74, 6) is 0.861. The number of hydrogen-bond donors (Lipinski definition) is 1. The summed E-state index contributed by atoms with van der Waals surface area (Å²) in [6.45, 7) is 0.646. The first-order valence-electron chi connectivity index (χ1n) is 3.52. The monoisotopic (exact) mass is 221 g/mol. The molecule has 4 heteroatoms. The van der Waals surface area contributed by atoms with Crippen LogP contribution in [0.4, 0.5) is 0 Å². The number of halogens is 2. The average Bonchev–Trinajstić information content (AvgIpc) is 2.07. The molecule has 0 radical (unpaired) electrons. The Morgan fingerprint density at radius 3 is 2.75 bits per heavy atom. The van der Waals surface area contributed by atoms with E-state index in [0.29, 0.717) is 11.6 Å². The molecule has 1 nitrogen and oxygen atoms in total. The summed E-state index contributed by atoms with van der Waals surface area (Å²) in [7, 11) is 0. The zero-order valence-corrected chi connectivity index (χ0v) is 8.72. The van der Waals surface area contributed by atoms with Crippen LogP contribution in [-0.4, -0.2) is 12.3 Å². The maximum Gasteiger partial charge on any atom is 0.0542 e. The predicted octanol–water partition coefficient (Wildman–Crippen LogP) is 3.04. The van der Waals surface area contributed by atoms with Gasteiger partial charge in [-0.15, -0.1) is 11.8 Å². The quantitative estimate of drug-likeness (QED) is 0.795. The fourth-order valence-corrected chi connectivity index (χ4v) is 2.03. The Morgan fingerprint density at radius 2 is 2.08 bits per heavy atom. The van der Waals surface area contributed by atoms with Crippen LogP contribution in [0, 0.1) is 0 Å². The van der Waals surface area contributed by atoms with Gasteiger partial charge in [0.15, 0.2) is 0 Å². The molecule has 0 aliphatic carbocycles. The molecule has 1 aromatic rings. The second-order valence-corrected chi connectivity index (χ2v) is 4.19. The molecule has 0 atom stereocenters. The molecule has 0 aliphatic rings. The minimum absolute atomic E-state index is 0.646. The van der Waals surface area contributed by atoms with Gasteiger partial charge < -0.3 is 5.73 Å². The van der Waals surface area contributed by atoms with E-state index in [4.69, 9.17) is 28.9 Å². The molecule has 1 aromatic carbocycles. The highest BCUT2D eigenvalue weighted by Crippen LogP contribution is 2.29. The van der Waals surface area contributed by atoms with E-state index in [0.717, 1.165) is 15.7 Å². The normalized spacial score (nSPS) is 10.2. The third-order valence-corrected chi connectivity index (χ3v) is 3.03. The topological polar surface area (TPSA) is 26.0 Å². The van der Waals surface area contributed by atoms with Crippen molar-refractivity contribution in [3.63, 3.8) is 0 Å². The van der Waals surface area contributed by atoms with Crippen LogP contribution >= 0.6 is 35.0 Å². The van der Waals surface area contributed by atoms with Crippen molar-refractivity contribution in [1.29, 1.82) is 0 Å². The van der Waals surface area contributed by atoms with E-state index in [2.05, 4.69) is 0 Å². The minimum atomic E-state index is 0.646. The zero-order chi connectivity index (χ0) is 8.97. The van der Waals surface area contributed by atoms with Crippen LogP contribution in [0.25, 0.3) is 0 Å². The highest BCUT2D eigenvalue weighted by molar-refractivity contribution is 7.99. The van der Waals surface area contributed by atoms with Gasteiger partial charge in [-0.25, -0.2) is 0 Å². The van der Waals surface area contributed by atoms with E-state index >= 15 is 0 Å². The van der Waals surface area contributed by atoms with Gasteiger partial charge in [0.1, 0.15) is 0 Å². The molecule has 0 spiro atoms. The van der Waals surface area contributed by atoms with E-state index in [9.17, 15) is 0 Å². The maximum atomic E-state index is 5.91. The summed E-state index contributed by atoms with van der Waals surface area (Å²) in [6.07, 6.45) is 0. The van der Waals surface area contributed by atoms with Crippen molar-refractivity contribution >= 4 is 35.0 Å². The summed E-state index contributed by atoms with van der Waals surface area (Å²) in [5.41, 5.74) is 5.37. The SMILES string of the molecule is NCCSc1cc(Cl)ccc1Cl. The van der Waals surface area contributed by atoms with E-state index in [1.54, 1.807) is 23.9 Å². The third-order valence-electron chi connectivity index (χ3n) is 1.27. The molecule has 12 heavy (non-hydrogen) atoms. The molecule has 0 amide bonds. The van der Waals surface area contributed by atoms with Crippen LogP contribution in [-0.2, 0) is 0 Å². The van der Waals surface area contributed by atoms with Gasteiger partial charge in [-0.05, 0) is 18.2 Å². The molecule has 0 heterocycles.